The van der Waals surface area contributed by atoms with Crippen LogP contribution in [0.1, 0.15) is 63.2 Å². The van der Waals surface area contributed by atoms with E-state index in [-0.39, 0.29) is 30.7 Å². The minimum absolute atomic E-state index is 0.109. The number of nitrogens with one attached hydrogen (secondary N) is 2. The topological polar surface area (TPSA) is 84.5 Å². The van der Waals surface area contributed by atoms with Gasteiger partial charge in [-0.2, -0.15) is 0 Å². The maximum absolute atomic E-state index is 13.1. The first-order valence-electron chi connectivity index (χ1n) is 10.2. The van der Waals surface area contributed by atoms with E-state index in [1.54, 1.807) is 0 Å². The van der Waals surface area contributed by atoms with Crippen molar-refractivity contribution in [2.45, 2.75) is 58.9 Å². The van der Waals surface area contributed by atoms with Crippen LogP contribution in [0.2, 0.25) is 0 Å². The van der Waals surface area contributed by atoms with Crippen molar-refractivity contribution in [1.82, 2.24) is 10.6 Å². The summed E-state index contributed by atoms with van der Waals surface area (Å²) in [5, 5.41) is 5.26. The molecule has 7 heteroatoms. The molecule has 0 spiro atoms. The molecule has 160 valence electrons. The van der Waals surface area contributed by atoms with Crippen LogP contribution >= 0.6 is 0 Å². The summed E-state index contributed by atoms with van der Waals surface area (Å²) < 4.78 is 18.0. The molecule has 1 aliphatic carbocycles. The Morgan fingerprint density at radius 3 is 2.48 bits per heavy atom. The van der Waals surface area contributed by atoms with Gasteiger partial charge >= 0.3 is 5.97 Å². The second-order valence-electron chi connectivity index (χ2n) is 8.31. The van der Waals surface area contributed by atoms with Crippen molar-refractivity contribution < 1.29 is 23.5 Å². The van der Waals surface area contributed by atoms with E-state index in [9.17, 15) is 18.8 Å². The number of rotatable bonds is 8. The van der Waals surface area contributed by atoms with Gasteiger partial charge in [0.2, 0.25) is 0 Å². The number of benzene rings is 1. The summed E-state index contributed by atoms with van der Waals surface area (Å²) in [4.78, 5) is 35.6. The lowest BCUT2D eigenvalue weighted by molar-refractivity contribution is -0.147. The number of hydrogen-bond donors (Lipinski definition) is 2. The second-order valence-corrected chi connectivity index (χ2v) is 8.31. The molecule has 2 N–H and O–H groups in total. The predicted octanol–water partition coefficient (Wildman–Crippen LogP) is 3.21. The molecule has 6 nitrogen and oxygen atoms in total. The highest BCUT2D eigenvalue weighted by atomic mass is 19.1. The monoisotopic (exact) mass is 406 g/mol. The first-order chi connectivity index (χ1) is 13.7. The van der Waals surface area contributed by atoms with E-state index in [1.165, 1.54) is 18.2 Å². The summed E-state index contributed by atoms with van der Waals surface area (Å²) in [5.41, 5.74) is 0.429. The number of esters is 1. The molecule has 0 heterocycles. The minimum atomic E-state index is -0.724. The third-order valence-corrected chi connectivity index (χ3v) is 5.95. The van der Waals surface area contributed by atoms with E-state index in [0.717, 1.165) is 38.2 Å². The molecule has 0 saturated heterocycles. The third kappa shape index (κ3) is 7.15. The molecule has 1 aromatic carbocycles. The Morgan fingerprint density at radius 2 is 1.86 bits per heavy atom. The third-order valence-electron chi connectivity index (χ3n) is 5.95. The number of hydrogen-bond acceptors (Lipinski definition) is 4. The lowest BCUT2D eigenvalue weighted by Gasteiger charge is -2.39. The maximum Gasteiger partial charge on any atom is 0.325 e. The van der Waals surface area contributed by atoms with Gasteiger partial charge in [0.1, 0.15) is 12.4 Å². The first-order valence-corrected chi connectivity index (χ1v) is 10.2. The number of amides is 2. The van der Waals surface area contributed by atoms with Gasteiger partial charge in [0.15, 0.2) is 6.61 Å². The van der Waals surface area contributed by atoms with Crippen LogP contribution in [0, 0.1) is 17.2 Å². The molecule has 0 atom stereocenters. The van der Waals surface area contributed by atoms with E-state index in [2.05, 4.69) is 31.4 Å². The molecule has 2 rings (SSSR count). The lowest BCUT2D eigenvalue weighted by Crippen LogP contribution is -2.42. The Labute approximate surface area is 171 Å². The molecule has 0 unspecified atom stereocenters. The van der Waals surface area contributed by atoms with E-state index in [0.29, 0.717) is 11.3 Å². The Balaban J connectivity index is 1.65. The van der Waals surface area contributed by atoms with Gasteiger partial charge in [-0.05, 0) is 55.2 Å². The standard InChI is InChI=1S/C22H31FN2O4/c1-4-22(2,3)16-8-10-18(11-9-16)25-19(26)14-29-20(27)13-24-21(28)15-6-5-7-17(23)12-15/h5-7,12,16,18H,4,8-11,13-14H2,1-3H3,(H,24,28)(H,25,26). The quantitative estimate of drug-likeness (QED) is 0.650. The molecule has 2 amide bonds. The highest BCUT2D eigenvalue weighted by Gasteiger charge is 2.32. The van der Waals surface area contributed by atoms with Gasteiger partial charge < -0.3 is 15.4 Å². The molecule has 29 heavy (non-hydrogen) atoms. The zero-order chi connectivity index (χ0) is 21.4. The molecule has 1 aromatic rings. The van der Waals surface area contributed by atoms with Gasteiger partial charge in [-0.15, -0.1) is 0 Å². The fraction of sp³-hybridized carbons (Fsp3) is 0.591. The fourth-order valence-corrected chi connectivity index (χ4v) is 3.66. The molecule has 1 saturated carbocycles. The van der Waals surface area contributed by atoms with Crippen LogP contribution in [-0.2, 0) is 14.3 Å². The Morgan fingerprint density at radius 1 is 1.17 bits per heavy atom. The van der Waals surface area contributed by atoms with Crippen LogP contribution < -0.4 is 10.6 Å². The van der Waals surface area contributed by atoms with Gasteiger partial charge in [0.25, 0.3) is 11.8 Å². The second kappa shape index (κ2) is 10.4. The normalized spacial score (nSPS) is 19.3. The van der Waals surface area contributed by atoms with E-state index in [4.69, 9.17) is 4.74 Å². The van der Waals surface area contributed by atoms with Crippen molar-refractivity contribution in [3.63, 3.8) is 0 Å². The van der Waals surface area contributed by atoms with Gasteiger partial charge in [0.05, 0.1) is 0 Å². The average Bonchev–Trinajstić information content (AvgIpc) is 2.71. The summed E-state index contributed by atoms with van der Waals surface area (Å²) in [6, 6.07) is 5.25. The first kappa shape index (κ1) is 22.8. The Bertz CT molecular complexity index is 727. The SMILES string of the molecule is CCC(C)(C)C1CCC(NC(=O)COC(=O)CNC(=O)c2cccc(F)c2)CC1. The van der Waals surface area contributed by atoms with E-state index < -0.39 is 17.7 Å². The number of carbonyl (C=O) groups excluding carboxylic acids is 3. The lowest BCUT2D eigenvalue weighted by atomic mass is 9.69. The van der Waals surface area contributed by atoms with Crippen LogP contribution in [0.4, 0.5) is 4.39 Å². The highest BCUT2D eigenvalue weighted by Crippen LogP contribution is 2.40. The van der Waals surface area contributed by atoms with Gasteiger partial charge in [0, 0.05) is 11.6 Å². The van der Waals surface area contributed by atoms with Gasteiger partial charge in [-0.3, -0.25) is 14.4 Å². The van der Waals surface area contributed by atoms with Crippen molar-refractivity contribution in [1.29, 1.82) is 0 Å². The van der Waals surface area contributed by atoms with Crippen molar-refractivity contribution in [3.8, 4) is 0 Å². The van der Waals surface area contributed by atoms with E-state index in [1.807, 2.05) is 0 Å². The maximum atomic E-state index is 13.1. The van der Waals surface area contributed by atoms with Crippen LogP contribution in [0.15, 0.2) is 24.3 Å². The molecular weight excluding hydrogens is 375 g/mol. The van der Waals surface area contributed by atoms with Crippen LogP contribution in [0.5, 0.6) is 0 Å². The fourth-order valence-electron chi connectivity index (χ4n) is 3.66. The van der Waals surface area contributed by atoms with Crippen LogP contribution in [0.3, 0.4) is 0 Å². The molecule has 0 aromatic heterocycles. The molecule has 1 fully saturated rings. The van der Waals surface area contributed by atoms with Gasteiger partial charge in [-0.25, -0.2) is 4.39 Å². The van der Waals surface area contributed by atoms with Crippen LogP contribution in [-0.4, -0.2) is 37.0 Å². The molecular formula is C22H31FN2O4. The largest absolute Gasteiger partial charge is 0.454 e. The number of halogens is 1. The average molecular weight is 406 g/mol. The Hall–Kier alpha value is -2.44. The summed E-state index contributed by atoms with van der Waals surface area (Å²) in [6.07, 6.45) is 5.16. The predicted molar refractivity (Wildman–Crippen MR) is 108 cm³/mol. The van der Waals surface area contributed by atoms with E-state index >= 15 is 0 Å². The number of ether oxygens (including phenoxy) is 1. The summed E-state index contributed by atoms with van der Waals surface area (Å²) in [5.74, 6) is -1.52. The van der Waals surface area contributed by atoms with Gasteiger partial charge in [-0.1, -0.05) is 33.3 Å². The summed E-state index contributed by atoms with van der Waals surface area (Å²) in [6.45, 7) is 6.03. The molecule has 0 bridgehead atoms. The summed E-state index contributed by atoms with van der Waals surface area (Å²) >= 11 is 0. The zero-order valence-electron chi connectivity index (χ0n) is 17.4. The Kier molecular flexibility index (Phi) is 8.17. The minimum Gasteiger partial charge on any atom is -0.454 e. The van der Waals surface area contributed by atoms with Crippen LogP contribution in [0.25, 0.3) is 0 Å². The molecule has 0 radical (unpaired) electrons. The molecule has 1 aliphatic rings. The van der Waals surface area contributed by atoms with Crippen molar-refractivity contribution >= 4 is 17.8 Å². The molecule has 0 aliphatic heterocycles. The number of carbonyl (C=O) groups is 3. The zero-order valence-corrected chi connectivity index (χ0v) is 17.4. The van der Waals surface area contributed by atoms with Crippen molar-refractivity contribution in [3.05, 3.63) is 35.6 Å². The smallest absolute Gasteiger partial charge is 0.325 e. The van der Waals surface area contributed by atoms with Crippen molar-refractivity contribution in [2.75, 3.05) is 13.2 Å². The summed E-state index contributed by atoms with van der Waals surface area (Å²) in [7, 11) is 0. The highest BCUT2D eigenvalue weighted by molar-refractivity contribution is 5.96. The van der Waals surface area contributed by atoms with Crippen molar-refractivity contribution in [2.24, 2.45) is 11.3 Å².